The standard InChI is InChI=1S/C19H22BrN5O3S/c1-11(17(27)24-19-14(16(21)26)6-9-29-19)25-7-4-12(5-8-25)18(28)23-15-3-2-13(20)10-22-15/h2-3,6,9-12H,4-5,7-8H2,1H3,(H2,21,26)(H,24,27)(H,22,23,28). The third kappa shape index (κ3) is 5.40. The first-order chi connectivity index (χ1) is 13.8. The van der Waals surface area contributed by atoms with Gasteiger partial charge >= 0.3 is 0 Å². The average Bonchev–Trinajstić information content (AvgIpc) is 3.17. The van der Waals surface area contributed by atoms with Gasteiger partial charge < -0.3 is 16.4 Å². The number of amides is 3. The molecule has 8 nitrogen and oxygen atoms in total. The van der Waals surface area contributed by atoms with E-state index in [4.69, 9.17) is 5.73 Å². The number of halogens is 1. The molecular weight excluding hydrogens is 458 g/mol. The number of nitrogens with two attached hydrogens (primary N) is 1. The normalized spacial score (nSPS) is 16.2. The molecule has 154 valence electrons. The summed E-state index contributed by atoms with van der Waals surface area (Å²) in [7, 11) is 0. The summed E-state index contributed by atoms with van der Waals surface area (Å²) in [6, 6.07) is 4.78. The lowest BCUT2D eigenvalue weighted by molar-refractivity contribution is -0.123. The Hall–Kier alpha value is -2.30. The largest absolute Gasteiger partial charge is 0.366 e. The monoisotopic (exact) mass is 479 g/mol. The molecule has 0 spiro atoms. The predicted molar refractivity (Wildman–Crippen MR) is 116 cm³/mol. The number of primary amides is 1. The van der Waals surface area contributed by atoms with Crippen LogP contribution < -0.4 is 16.4 Å². The molecule has 0 radical (unpaired) electrons. The van der Waals surface area contributed by atoms with Gasteiger partial charge in [0, 0.05) is 16.6 Å². The smallest absolute Gasteiger partial charge is 0.251 e. The molecule has 4 N–H and O–H groups in total. The minimum Gasteiger partial charge on any atom is -0.366 e. The van der Waals surface area contributed by atoms with Crippen LogP contribution in [-0.4, -0.2) is 46.7 Å². The van der Waals surface area contributed by atoms with Crippen LogP contribution in [-0.2, 0) is 9.59 Å². The highest BCUT2D eigenvalue weighted by Gasteiger charge is 2.30. The summed E-state index contributed by atoms with van der Waals surface area (Å²) in [5, 5.41) is 7.80. The first-order valence-corrected chi connectivity index (χ1v) is 10.9. The highest BCUT2D eigenvalue weighted by Crippen LogP contribution is 2.25. The van der Waals surface area contributed by atoms with E-state index in [0.29, 0.717) is 42.3 Å². The van der Waals surface area contributed by atoms with Crippen LogP contribution in [0.5, 0.6) is 0 Å². The maximum absolute atomic E-state index is 12.6. The Morgan fingerprint density at radius 2 is 1.97 bits per heavy atom. The molecule has 3 rings (SSSR count). The van der Waals surface area contributed by atoms with Crippen molar-refractivity contribution in [2.24, 2.45) is 11.7 Å². The van der Waals surface area contributed by atoms with E-state index in [1.165, 1.54) is 11.3 Å². The molecule has 1 saturated heterocycles. The zero-order chi connectivity index (χ0) is 21.0. The molecule has 3 amide bonds. The van der Waals surface area contributed by atoms with Gasteiger partial charge in [0.25, 0.3) is 5.91 Å². The molecule has 1 unspecified atom stereocenters. The summed E-state index contributed by atoms with van der Waals surface area (Å²) in [6.07, 6.45) is 2.95. The Morgan fingerprint density at radius 3 is 2.59 bits per heavy atom. The third-order valence-electron chi connectivity index (χ3n) is 4.97. The molecule has 1 atom stereocenters. The SMILES string of the molecule is CC(C(=O)Nc1sccc1C(N)=O)N1CCC(C(=O)Nc2ccc(Br)cn2)CC1. The molecule has 1 fully saturated rings. The van der Waals surface area contributed by atoms with Crippen molar-refractivity contribution < 1.29 is 14.4 Å². The lowest BCUT2D eigenvalue weighted by atomic mass is 9.95. The third-order valence-corrected chi connectivity index (χ3v) is 6.27. The van der Waals surface area contributed by atoms with Crippen LogP contribution in [0.1, 0.15) is 30.1 Å². The first-order valence-electron chi connectivity index (χ1n) is 9.19. The zero-order valence-electron chi connectivity index (χ0n) is 15.9. The fourth-order valence-corrected chi connectivity index (χ4v) is 4.24. The van der Waals surface area contributed by atoms with E-state index in [2.05, 4.69) is 31.5 Å². The van der Waals surface area contributed by atoms with E-state index in [0.717, 1.165) is 4.47 Å². The Balaban J connectivity index is 1.50. The zero-order valence-corrected chi connectivity index (χ0v) is 18.3. The number of hydrogen-bond acceptors (Lipinski definition) is 6. The van der Waals surface area contributed by atoms with Crippen LogP contribution in [0.4, 0.5) is 10.8 Å². The second kappa shape index (κ2) is 9.47. The maximum Gasteiger partial charge on any atom is 0.251 e. The number of thiophene rings is 1. The van der Waals surface area contributed by atoms with E-state index in [1.807, 2.05) is 17.9 Å². The lowest BCUT2D eigenvalue weighted by Gasteiger charge is -2.34. The highest BCUT2D eigenvalue weighted by atomic mass is 79.9. The number of hydrogen-bond donors (Lipinski definition) is 3. The van der Waals surface area contributed by atoms with Gasteiger partial charge in [-0.15, -0.1) is 11.3 Å². The highest BCUT2D eigenvalue weighted by molar-refractivity contribution is 9.10. The Kier molecular flexibility index (Phi) is 6.99. The van der Waals surface area contributed by atoms with Crippen LogP contribution in [0.2, 0.25) is 0 Å². The fourth-order valence-electron chi connectivity index (χ4n) is 3.21. The van der Waals surface area contributed by atoms with Gasteiger partial charge in [-0.3, -0.25) is 19.3 Å². The van der Waals surface area contributed by atoms with Crippen LogP contribution >= 0.6 is 27.3 Å². The Bertz CT molecular complexity index is 894. The van der Waals surface area contributed by atoms with Crippen molar-refractivity contribution in [2.75, 3.05) is 23.7 Å². The molecule has 2 aromatic heterocycles. The number of likely N-dealkylation sites (tertiary alicyclic amines) is 1. The number of carbonyl (C=O) groups excluding carboxylic acids is 3. The number of aromatic nitrogens is 1. The molecular formula is C19H22BrN5O3S. The fraction of sp³-hybridized carbons (Fsp3) is 0.368. The number of pyridine rings is 1. The van der Waals surface area contributed by atoms with Gasteiger partial charge in [0.05, 0.1) is 11.6 Å². The summed E-state index contributed by atoms with van der Waals surface area (Å²) < 4.78 is 0.849. The van der Waals surface area contributed by atoms with E-state index >= 15 is 0 Å². The molecule has 29 heavy (non-hydrogen) atoms. The number of carbonyl (C=O) groups is 3. The Labute approximate surface area is 181 Å². The van der Waals surface area contributed by atoms with Crippen molar-refractivity contribution in [3.8, 4) is 0 Å². The van der Waals surface area contributed by atoms with E-state index < -0.39 is 5.91 Å². The molecule has 0 bridgehead atoms. The topological polar surface area (TPSA) is 117 Å². The maximum atomic E-state index is 12.6. The molecule has 3 heterocycles. The van der Waals surface area contributed by atoms with E-state index in [-0.39, 0.29) is 23.8 Å². The van der Waals surface area contributed by atoms with Crippen LogP contribution in [0.25, 0.3) is 0 Å². The van der Waals surface area contributed by atoms with Crippen molar-refractivity contribution in [3.63, 3.8) is 0 Å². The molecule has 1 aliphatic heterocycles. The summed E-state index contributed by atoms with van der Waals surface area (Å²) in [4.78, 5) is 42.7. The summed E-state index contributed by atoms with van der Waals surface area (Å²) in [5.41, 5.74) is 5.63. The van der Waals surface area contributed by atoms with Crippen molar-refractivity contribution in [1.29, 1.82) is 0 Å². The minimum absolute atomic E-state index is 0.0544. The lowest BCUT2D eigenvalue weighted by Crippen LogP contribution is -2.47. The van der Waals surface area contributed by atoms with Gasteiger partial charge in [-0.25, -0.2) is 4.98 Å². The van der Waals surface area contributed by atoms with Crippen molar-refractivity contribution in [3.05, 3.63) is 39.8 Å². The van der Waals surface area contributed by atoms with Gasteiger partial charge in [-0.05, 0) is 72.4 Å². The Morgan fingerprint density at radius 1 is 1.24 bits per heavy atom. The summed E-state index contributed by atoms with van der Waals surface area (Å²) >= 11 is 4.58. The van der Waals surface area contributed by atoms with E-state index in [9.17, 15) is 14.4 Å². The number of piperidine rings is 1. The minimum atomic E-state index is -0.568. The van der Waals surface area contributed by atoms with Gasteiger partial charge in [-0.1, -0.05) is 0 Å². The quantitative estimate of drug-likeness (QED) is 0.588. The van der Waals surface area contributed by atoms with Gasteiger partial charge in [0.15, 0.2) is 0 Å². The van der Waals surface area contributed by atoms with Gasteiger partial charge in [-0.2, -0.15) is 0 Å². The van der Waals surface area contributed by atoms with Gasteiger partial charge in [0.1, 0.15) is 10.8 Å². The first kappa shape index (κ1) is 21.4. The van der Waals surface area contributed by atoms with Crippen molar-refractivity contribution in [2.45, 2.75) is 25.8 Å². The molecule has 10 heteroatoms. The average molecular weight is 480 g/mol. The molecule has 1 aliphatic rings. The number of anilines is 2. The molecule has 0 aliphatic carbocycles. The van der Waals surface area contributed by atoms with Crippen LogP contribution in [0, 0.1) is 5.92 Å². The molecule has 0 aromatic carbocycles. The predicted octanol–water partition coefficient (Wildman–Crippen LogP) is 2.68. The number of nitrogens with zero attached hydrogens (tertiary/aromatic N) is 2. The number of rotatable bonds is 6. The summed E-state index contributed by atoms with van der Waals surface area (Å²) in [6.45, 7) is 3.08. The molecule has 2 aromatic rings. The van der Waals surface area contributed by atoms with Crippen LogP contribution in [0.15, 0.2) is 34.2 Å². The van der Waals surface area contributed by atoms with E-state index in [1.54, 1.807) is 23.7 Å². The number of nitrogens with one attached hydrogen (secondary N) is 2. The second-order valence-corrected chi connectivity index (χ2v) is 8.69. The summed E-state index contributed by atoms with van der Waals surface area (Å²) in [5.74, 6) is -0.417. The van der Waals surface area contributed by atoms with Gasteiger partial charge in [0.2, 0.25) is 11.8 Å². The second-order valence-electron chi connectivity index (χ2n) is 6.85. The molecule has 0 saturated carbocycles. The van der Waals surface area contributed by atoms with Crippen molar-refractivity contribution in [1.82, 2.24) is 9.88 Å². The van der Waals surface area contributed by atoms with Crippen LogP contribution in [0.3, 0.4) is 0 Å². The van der Waals surface area contributed by atoms with Crippen molar-refractivity contribution >= 4 is 55.8 Å².